The lowest BCUT2D eigenvalue weighted by Gasteiger charge is -2.21. The molecule has 0 spiro atoms. The van der Waals surface area contributed by atoms with Gasteiger partial charge in [0, 0.05) is 19.3 Å². The van der Waals surface area contributed by atoms with E-state index in [-0.39, 0.29) is 0 Å². The normalized spacial score (nSPS) is 17.6. The Morgan fingerprint density at radius 1 is 1.39 bits per heavy atom. The number of hydrogen-bond donors (Lipinski definition) is 1. The molecule has 0 radical (unpaired) electrons. The molecule has 3 heteroatoms. The number of allylic oxidation sites excluding steroid dienone is 1. The maximum atomic E-state index is 4.25. The molecule has 100 valence electrons. The third-order valence-electron chi connectivity index (χ3n) is 3.63. The molecule has 1 aromatic rings. The quantitative estimate of drug-likeness (QED) is 0.783. The van der Waals surface area contributed by atoms with E-state index in [9.17, 15) is 0 Å². The van der Waals surface area contributed by atoms with Gasteiger partial charge in [-0.25, -0.2) is 0 Å². The number of hydrogen-bond acceptors (Lipinski definition) is 2. The van der Waals surface area contributed by atoms with Crippen LogP contribution >= 0.6 is 0 Å². The van der Waals surface area contributed by atoms with Gasteiger partial charge in [-0.3, -0.25) is 4.68 Å². The minimum atomic E-state index is 0.559. The maximum absolute atomic E-state index is 4.25. The highest BCUT2D eigenvalue weighted by Gasteiger charge is 2.13. The van der Waals surface area contributed by atoms with Gasteiger partial charge in [0.25, 0.3) is 0 Å². The van der Waals surface area contributed by atoms with Crippen molar-refractivity contribution in [3.8, 4) is 0 Å². The van der Waals surface area contributed by atoms with E-state index in [1.165, 1.54) is 37.7 Å². The number of nitrogens with zero attached hydrogens (tertiary/aromatic N) is 2. The first-order chi connectivity index (χ1) is 8.78. The second kappa shape index (κ2) is 6.74. The number of aromatic nitrogens is 2. The van der Waals surface area contributed by atoms with Crippen LogP contribution in [-0.2, 0) is 13.5 Å². The van der Waals surface area contributed by atoms with Gasteiger partial charge in [0.15, 0.2) is 0 Å². The van der Waals surface area contributed by atoms with Gasteiger partial charge >= 0.3 is 0 Å². The fraction of sp³-hybridized carbons (Fsp3) is 0.667. The number of nitrogens with one attached hydrogen (secondary N) is 1. The minimum absolute atomic E-state index is 0.559. The molecule has 0 fully saturated rings. The van der Waals surface area contributed by atoms with Crippen LogP contribution in [0.2, 0.25) is 0 Å². The Kier molecular flexibility index (Phi) is 5.00. The molecule has 1 aromatic heterocycles. The average molecular weight is 247 g/mol. The van der Waals surface area contributed by atoms with Gasteiger partial charge in [-0.15, -0.1) is 0 Å². The SMILES string of the molecule is CCNC(CC1=CCCCC1)Cc1cnn(C)c1. The van der Waals surface area contributed by atoms with Crippen molar-refractivity contribution in [2.75, 3.05) is 6.54 Å². The van der Waals surface area contributed by atoms with Crippen LogP contribution in [0.25, 0.3) is 0 Å². The molecule has 1 aliphatic carbocycles. The molecule has 1 aliphatic rings. The summed E-state index contributed by atoms with van der Waals surface area (Å²) in [4.78, 5) is 0. The van der Waals surface area contributed by atoms with Crippen LogP contribution in [0, 0.1) is 0 Å². The standard InChI is InChI=1S/C15H25N3/c1-3-16-15(9-13-7-5-4-6-8-13)10-14-11-17-18(2)12-14/h7,11-12,15-16H,3-6,8-10H2,1-2H3. The topological polar surface area (TPSA) is 29.9 Å². The summed E-state index contributed by atoms with van der Waals surface area (Å²) in [6, 6.07) is 0.559. The summed E-state index contributed by atoms with van der Waals surface area (Å²) in [6.45, 7) is 3.23. The van der Waals surface area contributed by atoms with Crippen LogP contribution in [0.5, 0.6) is 0 Å². The van der Waals surface area contributed by atoms with Crippen LogP contribution in [-0.4, -0.2) is 22.4 Å². The summed E-state index contributed by atoms with van der Waals surface area (Å²) >= 11 is 0. The Bertz CT molecular complexity index is 392. The first-order valence-electron chi connectivity index (χ1n) is 7.16. The second-order valence-electron chi connectivity index (χ2n) is 5.29. The van der Waals surface area contributed by atoms with E-state index in [0.29, 0.717) is 6.04 Å². The highest BCUT2D eigenvalue weighted by molar-refractivity contribution is 5.11. The molecule has 0 saturated carbocycles. The van der Waals surface area contributed by atoms with E-state index in [1.54, 1.807) is 5.57 Å². The highest BCUT2D eigenvalue weighted by Crippen LogP contribution is 2.22. The van der Waals surface area contributed by atoms with E-state index in [1.807, 2.05) is 17.9 Å². The van der Waals surface area contributed by atoms with Crippen molar-refractivity contribution in [3.63, 3.8) is 0 Å². The Labute approximate surface area is 110 Å². The van der Waals surface area contributed by atoms with Crippen molar-refractivity contribution in [2.45, 2.75) is 51.5 Å². The first-order valence-corrected chi connectivity index (χ1v) is 7.16. The average Bonchev–Trinajstić information content (AvgIpc) is 2.76. The molecule has 0 bridgehead atoms. The zero-order valence-electron chi connectivity index (χ0n) is 11.7. The largest absolute Gasteiger partial charge is 0.314 e. The van der Waals surface area contributed by atoms with Crippen LogP contribution in [0.1, 0.15) is 44.6 Å². The lowest BCUT2D eigenvalue weighted by molar-refractivity contribution is 0.504. The molecule has 1 unspecified atom stereocenters. The van der Waals surface area contributed by atoms with Gasteiger partial charge in [0.2, 0.25) is 0 Å². The first kappa shape index (κ1) is 13.3. The molecule has 0 aromatic carbocycles. The monoisotopic (exact) mass is 247 g/mol. The molecule has 1 atom stereocenters. The summed E-state index contributed by atoms with van der Waals surface area (Å²) in [6.07, 6.45) is 14.2. The molecule has 1 N–H and O–H groups in total. The van der Waals surface area contributed by atoms with Crippen molar-refractivity contribution >= 4 is 0 Å². The van der Waals surface area contributed by atoms with E-state index in [0.717, 1.165) is 13.0 Å². The van der Waals surface area contributed by atoms with E-state index in [2.05, 4.69) is 29.6 Å². The van der Waals surface area contributed by atoms with Crippen LogP contribution in [0.4, 0.5) is 0 Å². The van der Waals surface area contributed by atoms with E-state index >= 15 is 0 Å². The van der Waals surface area contributed by atoms with E-state index < -0.39 is 0 Å². The van der Waals surface area contributed by atoms with E-state index in [4.69, 9.17) is 0 Å². The summed E-state index contributed by atoms with van der Waals surface area (Å²) in [5.41, 5.74) is 2.98. The fourth-order valence-corrected chi connectivity index (χ4v) is 2.77. The minimum Gasteiger partial charge on any atom is -0.314 e. The van der Waals surface area contributed by atoms with Crippen molar-refractivity contribution in [1.29, 1.82) is 0 Å². The van der Waals surface area contributed by atoms with Gasteiger partial charge in [-0.1, -0.05) is 18.6 Å². The van der Waals surface area contributed by atoms with Gasteiger partial charge < -0.3 is 5.32 Å². The van der Waals surface area contributed by atoms with Crippen LogP contribution in [0.3, 0.4) is 0 Å². The molecule has 0 saturated heterocycles. The Hall–Kier alpha value is -1.09. The molecular weight excluding hydrogens is 222 g/mol. The van der Waals surface area contributed by atoms with Gasteiger partial charge in [0.05, 0.1) is 6.20 Å². The van der Waals surface area contributed by atoms with Crippen molar-refractivity contribution in [2.24, 2.45) is 7.05 Å². The summed E-state index contributed by atoms with van der Waals surface area (Å²) in [5.74, 6) is 0. The predicted octanol–water partition coefficient (Wildman–Crippen LogP) is 2.83. The Morgan fingerprint density at radius 3 is 2.89 bits per heavy atom. The predicted molar refractivity (Wildman–Crippen MR) is 75.5 cm³/mol. The highest BCUT2D eigenvalue weighted by atomic mass is 15.2. The van der Waals surface area contributed by atoms with Gasteiger partial charge in [0.1, 0.15) is 0 Å². The van der Waals surface area contributed by atoms with Gasteiger partial charge in [-0.2, -0.15) is 5.10 Å². The molecule has 18 heavy (non-hydrogen) atoms. The van der Waals surface area contributed by atoms with Crippen molar-refractivity contribution in [3.05, 3.63) is 29.6 Å². The molecule has 0 amide bonds. The van der Waals surface area contributed by atoms with Gasteiger partial charge in [-0.05, 0) is 50.6 Å². The molecule has 2 rings (SSSR count). The summed E-state index contributed by atoms with van der Waals surface area (Å²) in [7, 11) is 1.98. The lowest BCUT2D eigenvalue weighted by atomic mass is 9.92. The Morgan fingerprint density at radius 2 is 2.28 bits per heavy atom. The third kappa shape index (κ3) is 3.98. The fourth-order valence-electron chi connectivity index (χ4n) is 2.77. The molecule has 0 aliphatic heterocycles. The summed E-state index contributed by atoms with van der Waals surface area (Å²) in [5, 5.41) is 7.86. The zero-order chi connectivity index (χ0) is 12.8. The van der Waals surface area contributed by atoms with Crippen LogP contribution < -0.4 is 5.32 Å². The second-order valence-corrected chi connectivity index (χ2v) is 5.29. The lowest BCUT2D eigenvalue weighted by Crippen LogP contribution is -2.31. The van der Waals surface area contributed by atoms with Crippen molar-refractivity contribution in [1.82, 2.24) is 15.1 Å². The Balaban J connectivity index is 1.92. The van der Waals surface area contributed by atoms with Crippen LogP contribution in [0.15, 0.2) is 24.0 Å². The maximum Gasteiger partial charge on any atom is 0.0522 e. The third-order valence-corrected chi connectivity index (χ3v) is 3.63. The zero-order valence-corrected chi connectivity index (χ0v) is 11.7. The molecule has 3 nitrogen and oxygen atoms in total. The number of aryl methyl sites for hydroxylation is 1. The number of likely N-dealkylation sites (N-methyl/N-ethyl adjacent to an activating group) is 1. The molecular formula is C15H25N3. The number of rotatable bonds is 6. The van der Waals surface area contributed by atoms with Crippen molar-refractivity contribution < 1.29 is 0 Å². The smallest absolute Gasteiger partial charge is 0.0522 e. The molecule has 1 heterocycles. The summed E-state index contributed by atoms with van der Waals surface area (Å²) < 4.78 is 1.89.